The molecule has 0 radical (unpaired) electrons. The molecule has 84 valence electrons. The standard InChI is InChI=1S/C10H16N2O3/c1-5-7(13)6-8-11-9(12-15-8)10(2,3)14-4/h5-6H2,1-4H3. The average Bonchev–Trinajstić information content (AvgIpc) is 2.66. The number of hydrogen-bond acceptors (Lipinski definition) is 5. The van der Waals surface area contributed by atoms with Crippen LogP contribution in [0.4, 0.5) is 0 Å². The maximum atomic E-state index is 11.2. The highest BCUT2D eigenvalue weighted by atomic mass is 16.5. The van der Waals surface area contributed by atoms with Crippen molar-refractivity contribution >= 4 is 5.78 Å². The highest BCUT2D eigenvalue weighted by Gasteiger charge is 2.26. The van der Waals surface area contributed by atoms with Gasteiger partial charge in [-0.15, -0.1) is 0 Å². The second kappa shape index (κ2) is 4.53. The zero-order valence-corrected chi connectivity index (χ0v) is 9.53. The van der Waals surface area contributed by atoms with Gasteiger partial charge in [-0.1, -0.05) is 12.1 Å². The molecule has 0 aliphatic carbocycles. The Morgan fingerprint density at radius 1 is 1.53 bits per heavy atom. The molecule has 0 amide bonds. The van der Waals surface area contributed by atoms with Gasteiger partial charge in [-0.2, -0.15) is 4.98 Å². The van der Waals surface area contributed by atoms with Crippen LogP contribution in [0.5, 0.6) is 0 Å². The van der Waals surface area contributed by atoms with Crippen LogP contribution in [-0.2, 0) is 21.6 Å². The van der Waals surface area contributed by atoms with Crippen LogP contribution in [0.1, 0.15) is 38.9 Å². The Morgan fingerprint density at radius 3 is 2.73 bits per heavy atom. The Balaban J connectivity index is 2.76. The number of nitrogens with zero attached hydrogens (tertiary/aromatic N) is 2. The van der Waals surface area contributed by atoms with Crippen molar-refractivity contribution in [3.05, 3.63) is 11.7 Å². The number of aromatic nitrogens is 2. The topological polar surface area (TPSA) is 65.2 Å². The van der Waals surface area contributed by atoms with Crippen molar-refractivity contribution in [2.24, 2.45) is 0 Å². The van der Waals surface area contributed by atoms with E-state index in [0.29, 0.717) is 18.1 Å². The first kappa shape index (κ1) is 11.8. The SMILES string of the molecule is CCC(=O)Cc1nc(C(C)(C)OC)no1. The molecule has 0 spiro atoms. The number of rotatable bonds is 5. The van der Waals surface area contributed by atoms with Crippen LogP contribution in [0, 0.1) is 0 Å². The van der Waals surface area contributed by atoms with E-state index in [9.17, 15) is 4.79 Å². The van der Waals surface area contributed by atoms with Crippen LogP contribution >= 0.6 is 0 Å². The minimum absolute atomic E-state index is 0.0837. The first-order chi connectivity index (χ1) is 6.99. The second-order valence-electron chi connectivity index (χ2n) is 3.80. The molecule has 0 saturated carbocycles. The largest absolute Gasteiger partial charge is 0.371 e. The molecule has 0 fully saturated rings. The van der Waals surface area contributed by atoms with Gasteiger partial charge in [0.2, 0.25) is 11.7 Å². The van der Waals surface area contributed by atoms with Crippen LogP contribution in [0.3, 0.4) is 0 Å². The third-order valence-corrected chi connectivity index (χ3v) is 2.26. The van der Waals surface area contributed by atoms with Gasteiger partial charge in [0.15, 0.2) is 0 Å². The zero-order chi connectivity index (χ0) is 11.5. The van der Waals surface area contributed by atoms with Gasteiger partial charge in [-0.05, 0) is 13.8 Å². The molecule has 0 aliphatic heterocycles. The second-order valence-corrected chi connectivity index (χ2v) is 3.80. The summed E-state index contributed by atoms with van der Waals surface area (Å²) in [7, 11) is 1.58. The van der Waals surface area contributed by atoms with Gasteiger partial charge in [-0.3, -0.25) is 4.79 Å². The first-order valence-electron chi connectivity index (χ1n) is 4.89. The summed E-state index contributed by atoms with van der Waals surface area (Å²) in [5, 5.41) is 3.78. The van der Waals surface area contributed by atoms with Crippen molar-refractivity contribution in [3.8, 4) is 0 Å². The minimum atomic E-state index is -0.586. The number of ketones is 1. The maximum Gasteiger partial charge on any atom is 0.234 e. The van der Waals surface area contributed by atoms with Gasteiger partial charge >= 0.3 is 0 Å². The van der Waals surface area contributed by atoms with Gasteiger partial charge in [0, 0.05) is 13.5 Å². The third-order valence-electron chi connectivity index (χ3n) is 2.26. The summed E-state index contributed by atoms with van der Waals surface area (Å²) in [5.74, 6) is 0.895. The quantitative estimate of drug-likeness (QED) is 0.739. The van der Waals surface area contributed by atoms with Crippen molar-refractivity contribution in [2.45, 2.75) is 39.2 Å². The molecule has 1 aromatic rings. The maximum absolute atomic E-state index is 11.2. The molecular weight excluding hydrogens is 196 g/mol. The van der Waals surface area contributed by atoms with Crippen LogP contribution in [0.15, 0.2) is 4.52 Å². The average molecular weight is 212 g/mol. The van der Waals surface area contributed by atoms with E-state index < -0.39 is 5.60 Å². The lowest BCUT2D eigenvalue weighted by atomic mass is 10.1. The molecule has 1 heterocycles. The van der Waals surface area contributed by atoms with E-state index in [1.165, 1.54) is 0 Å². The van der Waals surface area contributed by atoms with E-state index in [2.05, 4.69) is 10.1 Å². The lowest BCUT2D eigenvalue weighted by Crippen LogP contribution is -2.21. The van der Waals surface area contributed by atoms with Crippen LogP contribution in [-0.4, -0.2) is 23.0 Å². The van der Waals surface area contributed by atoms with Crippen molar-refractivity contribution in [2.75, 3.05) is 7.11 Å². The van der Waals surface area contributed by atoms with Gasteiger partial charge in [0.05, 0.1) is 6.42 Å². The molecule has 1 rings (SSSR count). The monoisotopic (exact) mass is 212 g/mol. The fourth-order valence-corrected chi connectivity index (χ4v) is 0.956. The molecule has 5 nitrogen and oxygen atoms in total. The van der Waals surface area contributed by atoms with E-state index in [1.807, 2.05) is 13.8 Å². The highest BCUT2D eigenvalue weighted by molar-refractivity contribution is 5.79. The Bertz CT molecular complexity index is 344. The number of carbonyl (C=O) groups is 1. The Morgan fingerprint density at radius 2 is 2.20 bits per heavy atom. The van der Waals surface area contributed by atoms with Crippen LogP contribution in [0.2, 0.25) is 0 Å². The van der Waals surface area contributed by atoms with Crippen molar-refractivity contribution in [1.29, 1.82) is 0 Å². The Hall–Kier alpha value is -1.23. The smallest absolute Gasteiger partial charge is 0.234 e. The third kappa shape index (κ3) is 2.86. The van der Waals surface area contributed by atoms with E-state index in [1.54, 1.807) is 14.0 Å². The highest BCUT2D eigenvalue weighted by Crippen LogP contribution is 2.20. The first-order valence-corrected chi connectivity index (χ1v) is 4.89. The number of hydrogen-bond donors (Lipinski definition) is 0. The molecule has 0 saturated heterocycles. The summed E-state index contributed by atoms with van der Waals surface area (Å²) < 4.78 is 10.2. The summed E-state index contributed by atoms with van der Waals surface area (Å²) in [6, 6.07) is 0. The lowest BCUT2D eigenvalue weighted by molar-refractivity contribution is -0.118. The van der Waals surface area contributed by atoms with E-state index >= 15 is 0 Å². The molecule has 0 aromatic carbocycles. The van der Waals surface area contributed by atoms with Crippen molar-refractivity contribution in [3.63, 3.8) is 0 Å². The Kier molecular flexibility index (Phi) is 3.57. The summed E-state index contributed by atoms with van der Waals surface area (Å²) in [4.78, 5) is 15.3. The lowest BCUT2D eigenvalue weighted by Gasteiger charge is -2.17. The fourth-order valence-electron chi connectivity index (χ4n) is 0.956. The van der Waals surface area contributed by atoms with Crippen LogP contribution in [0.25, 0.3) is 0 Å². The molecular formula is C10H16N2O3. The number of ether oxygens (including phenoxy) is 1. The summed E-state index contributed by atoms with van der Waals surface area (Å²) in [5.41, 5.74) is -0.586. The number of Topliss-reactive ketones (excluding diaryl/α,β-unsaturated/α-hetero) is 1. The molecule has 0 atom stereocenters. The van der Waals surface area contributed by atoms with Gasteiger partial charge in [0.25, 0.3) is 0 Å². The molecule has 0 N–H and O–H groups in total. The predicted molar refractivity (Wildman–Crippen MR) is 53.3 cm³/mol. The predicted octanol–water partition coefficient (Wildman–Crippen LogP) is 1.47. The van der Waals surface area contributed by atoms with Crippen LogP contribution < -0.4 is 0 Å². The minimum Gasteiger partial charge on any atom is -0.371 e. The summed E-state index contributed by atoms with van der Waals surface area (Å²) in [6.45, 7) is 5.48. The molecule has 1 aromatic heterocycles. The normalized spacial score (nSPS) is 11.7. The summed E-state index contributed by atoms with van der Waals surface area (Å²) in [6.07, 6.45) is 0.675. The molecule has 5 heteroatoms. The molecule has 15 heavy (non-hydrogen) atoms. The molecule has 0 aliphatic rings. The van der Waals surface area contributed by atoms with E-state index in [0.717, 1.165) is 0 Å². The zero-order valence-electron chi connectivity index (χ0n) is 9.53. The fraction of sp³-hybridized carbons (Fsp3) is 0.700. The molecule has 0 bridgehead atoms. The Labute approximate surface area is 88.8 Å². The van der Waals surface area contributed by atoms with E-state index in [-0.39, 0.29) is 12.2 Å². The van der Waals surface area contributed by atoms with Crippen molar-refractivity contribution in [1.82, 2.24) is 10.1 Å². The number of carbonyl (C=O) groups excluding carboxylic acids is 1. The van der Waals surface area contributed by atoms with Gasteiger partial charge < -0.3 is 9.26 Å². The van der Waals surface area contributed by atoms with E-state index in [4.69, 9.17) is 9.26 Å². The molecule has 0 unspecified atom stereocenters. The number of methoxy groups -OCH3 is 1. The van der Waals surface area contributed by atoms with Gasteiger partial charge in [0.1, 0.15) is 11.4 Å². The van der Waals surface area contributed by atoms with Gasteiger partial charge in [-0.25, -0.2) is 0 Å². The van der Waals surface area contributed by atoms with Crippen molar-refractivity contribution < 1.29 is 14.1 Å². The summed E-state index contributed by atoms with van der Waals surface area (Å²) >= 11 is 0.